The van der Waals surface area contributed by atoms with Gasteiger partial charge in [0.1, 0.15) is 5.75 Å². The van der Waals surface area contributed by atoms with Crippen molar-refractivity contribution in [3.8, 4) is 5.75 Å². The van der Waals surface area contributed by atoms with Gasteiger partial charge >= 0.3 is 0 Å². The quantitative estimate of drug-likeness (QED) is 0.796. The van der Waals surface area contributed by atoms with Crippen molar-refractivity contribution in [2.75, 3.05) is 7.11 Å². The number of hydrogen-bond acceptors (Lipinski definition) is 4. The molecule has 0 N–H and O–H groups in total. The zero-order chi connectivity index (χ0) is 14.7. The van der Waals surface area contributed by atoms with E-state index in [1.54, 1.807) is 13.2 Å². The molecular formula is C15H17NO3S. The molecule has 0 spiro atoms. The van der Waals surface area contributed by atoms with Crippen molar-refractivity contribution in [1.82, 2.24) is 4.90 Å². The van der Waals surface area contributed by atoms with Crippen LogP contribution in [0.15, 0.2) is 29.2 Å². The molecule has 1 aromatic carbocycles. The van der Waals surface area contributed by atoms with Crippen molar-refractivity contribution in [1.29, 1.82) is 0 Å². The Bertz CT molecular complexity index is 568. The molecule has 0 saturated carbocycles. The fourth-order valence-electron chi connectivity index (χ4n) is 1.93. The number of imide groups is 1. The first-order valence-electron chi connectivity index (χ1n) is 6.48. The van der Waals surface area contributed by atoms with Gasteiger partial charge in [-0.3, -0.25) is 14.5 Å². The first-order chi connectivity index (χ1) is 9.56. The smallest absolute Gasteiger partial charge is 0.293 e. The predicted octanol–water partition coefficient (Wildman–Crippen LogP) is 3.53. The van der Waals surface area contributed by atoms with Crippen LogP contribution in [0.25, 0.3) is 6.08 Å². The summed E-state index contributed by atoms with van der Waals surface area (Å²) >= 11 is 0.992. The van der Waals surface area contributed by atoms with Gasteiger partial charge < -0.3 is 4.74 Å². The van der Waals surface area contributed by atoms with Crippen LogP contribution in [0.3, 0.4) is 0 Å². The van der Waals surface area contributed by atoms with E-state index in [9.17, 15) is 9.59 Å². The zero-order valence-corrected chi connectivity index (χ0v) is 12.6. The molecule has 4 nitrogen and oxygen atoms in total. The lowest BCUT2D eigenvalue weighted by atomic mass is 10.2. The van der Waals surface area contributed by atoms with E-state index in [0.717, 1.165) is 29.5 Å². The van der Waals surface area contributed by atoms with Crippen LogP contribution in [0.1, 0.15) is 25.8 Å². The lowest BCUT2D eigenvalue weighted by Crippen LogP contribution is -2.36. The molecule has 2 rings (SSSR count). The number of hydrogen-bond donors (Lipinski definition) is 0. The molecule has 1 atom stereocenters. The van der Waals surface area contributed by atoms with Crippen LogP contribution < -0.4 is 4.74 Å². The van der Waals surface area contributed by atoms with Crippen LogP contribution in [-0.2, 0) is 4.79 Å². The van der Waals surface area contributed by atoms with Gasteiger partial charge in [-0.2, -0.15) is 0 Å². The molecule has 1 aliphatic heterocycles. The van der Waals surface area contributed by atoms with E-state index >= 15 is 0 Å². The normalized spacial score (nSPS) is 18.8. The highest BCUT2D eigenvalue weighted by molar-refractivity contribution is 8.18. The molecule has 1 aliphatic rings. The molecule has 1 aromatic rings. The average Bonchev–Trinajstić information content (AvgIpc) is 2.73. The van der Waals surface area contributed by atoms with Gasteiger partial charge in [-0.15, -0.1) is 0 Å². The van der Waals surface area contributed by atoms with Gasteiger partial charge in [-0.05, 0) is 48.9 Å². The third-order valence-electron chi connectivity index (χ3n) is 3.25. The van der Waals surface area contributed by atoms with Gasteiger partial charge in [-0.1, -0.05) is 19.1 Å². The molecule has 0 aliphatic carbocycles. The Morgan fingerprint density at radius 2 is 2.15 bits per heavy atom. The number of nitrogens with zero attached hydrogens (tertiary/aromatic N) is 1. The second-order valence-electron chi connectivity index (χ2n) is 4.59. The van der Waals surface area contributed by atoms with Crippen LogP contribution in [0.5, 0.6) is 5.75 Å². The molecular weight excluding hydrogens is 274 g/mol. The predicted molar refractivity (Wildman–Crippen MR) is 80.6 cm³/mol. The summed E-state index contributed by atoms with van der Waals surface area (Å²) in [7, 11) is 1.59. The van der Waals surface area contributed by atoms with Crippen LogP contribution in [0, 0.1) is 0 Å². The van der Waals surface area contributed by atoms with E-state index in [1.165, 1.54) is 4.90 Å². The summed E-state index contributed by atoms with van der Waals surface area (Å²) in [5.41, 5.74) is 0.846. The zero-order valence-electron chi connectivity index (χ0n) is 11.8. The minimum atomic E-state index is -0.211. The number of ether oxygens (including phenoxy) is 1. The largest absolute Gasteiger partial charge is 0.497 e. The van der Waals surface area contributed by atoms with E-state index in [2.05, 4.69) is 0 Å². The standard InChI is InChI=1S/C15H17NO3S/c1-4-10(2)16-14(17)13(20-15(16)18)9-11-6-5-7-12(8-11)19-3/h5-10H,4H2,1-3H3/b13-9+/t10-/m0/s1. The van der Waals surface area contributed by atoms with Crippen molar-refractivity contribution < 1.29 is 14.3 Å². The number of thioether (sulfide) groups is 1. The number of rotatable bonds is 4. The van der Waals surface area contributed by atoms with Crippen molar-refractivity contribution in [3.63, 3.8) is 0 Å². The first kappa shape index (κ1) is 14.7. The van der Waals surface area contributed by atoms with Gasteiger partial charge in [0.15, 0.2) is 0 Å². The van der Waals surface area contributed by atoms with Gasteiger partial charge in [-0.25, -0.2) is 0 Å². The van der Waals surface area contributed by atoms with E-state index in [0.29, 0.717) is 4.91 Å². The van der Waals surface area contributed by atoms with Gasteiger partial charge in [0.2, 0.25) is 0 Å². The number of carbonyl (C=O) groups is 2. The Hall–Kier alpha value is -1.75. The second kappa shape index (κ2) is 6.13. The molecule has 1 fully saturated rings. The summed E-state index contributed by atoms with van der Waals surface area (Å²) in [6, 6.07) is 7.32. The molecule has 106 valence electrons. The first-order valence-corrected chi connectivity index (χ1v) is 7.29. The highest BCUT2D eigenvalue weighted by Crippen LogP contribution is 2.34. The van der Waals surface area contributed by atoms with Crippen LogP contribution in [0.2, 0.25) is 0 Å². The van der Waals surface area contributed by atoms with Crippen molar-refractivity contribution >= 4 is 29.0 Å². The second-order valence-corrected chi connectivity index (χ2v) is 5.58. The molecule has 5 heteroatoms. The van der Waals surface area contributed by atoms with Gasteiger partial charge in [0, 0.05) is 6.04 Å². The summed E-state index contributed by atoms with van der Waals surface area (Å²) < 4.78 is 5.15. The lowest BCUT2D eigenvalue weighted by Gasteiger charge is -2.19. The maximum atomic E-state index is 12.3. The Labute approximate surface area is 122 Å². The van der Waals surface area contributed by atoms with Gasteiger partial charge in [0.05, 0.1) is 12.0 Å². The Balaban J connectivity index is 2.27. The summed E-state index contributed by atoms with van der Waals surface area (Å²) in [5, 5.41) is -0.196. The van der Waals surface area contributed by atoms with E-state index in [1.807, 2.05) is 38.1 Å². The van der Waals surface area contributed by atoms with Crippen LogP contribution in [0.4, 0.5) is 4.79 Å². The number of benzene rings is 1. The van der Waals surface area contributed by atoms with Crippen molar-refractivity contribution in [3.05, 3.63) is 34.7 Å². The molecule has 0 radical (unpaired) electrons. The third kappa shape index (κ3) is 2.88. The Morgan fingerprint density at radius 1 is 1.40 bits per heavy atom. The third-order valence-corrected chi connectivity index (χ3v) is 4.13. The average molecular weight is 291 g/mol. The summed E-state index contributed by atoms with van der Waals surface area (Å²) in [5.74, 6) is 0.511. The topological polar surface area (TPSA) is 46.6 Å². The summed E-state index contributed by atoms with van der Waals surface area (Å²) in [4.78, 5) is 26.0. The fourth-order valence-corrected chi connectivity index (χ4v) is 2.86. The van der Waals surface area contributed by atoms with E-state index < -0.39 is 0 Å². The molecule has 0 bridgehead atoms. The minimum Gasteiger partial charge on any atom is -0.497 e. The van der Waals surface area contributed by atoms with Crippen LogP contribution in [-0.4, -0.2) is 29.2 Å². The summed E-state index contributed by atoms with van der Waals surface area (Å²) in [6.07, 6.45) is 2.49. The molecule has 1 heterocycles. The van der Waals surface area contributed by atoms with Crippen molar-refractivity contribution in [2.45, 2.75) is 26.3 Å². The Morgan fingerprint density at radius 3 is 2.80 bits per heavy atom. The monoisotopic (exact) mass is 291 g/mol. The minimum absolute atomic E-state index is 0.0706. The highest BCUT2D eigenvalue weighted by Gasteiger charge is 2.37. The maximum absolute atomic E-state index is 12.3. The Kier molecular flexibility index (Phi) is 4.49. The number of amides is 2. The highest BCUT2D eigenvalue weighted by atomic mass is 32.2. The maximum Gasteiger partial charge on any atom is 0.293 e. The van der Waals surface area contributed by atoms with E-state index in [4.69, 9.17) is 4.74 Å². The molecule has 1 saturated heterocycles. The number of methoxy groups -OCH3 is 1. The molecule has 20 heavy (non-hydrogen) atoms. The number of carbonyl (C=O) groups excluding carboxylic acids is 2. The SMILES string of the molecule is CC[C@H](C)N1C(=O)S/C(=C/c2cccc(OC)c2)C1=O. The molecule has 0 aromatic heterocycles. The van der Waals surface area contributed by atoms with Gasteiger partial charge in [0.25, 0.3) is 11.1 Å². The van der Waals surface area contributed by atoms with Crippen molar-refractivity contribution in [2.24, 2.45) is 0 Å². The summed E-state index contributed by atoms with van der Waals surface area (Å²) in [6.45, 7) is 3.84. The fraction of sp³-hybridized carbons (Fsp3) is 0.333. The molecule has 2 amide bonds. The van der Waals surface area contributed by atoms with E-state index in [-0.39, 0.29) is 17.2 Å². The van der Waals surface area contributed by atoms with Crippen LogP contribution >= 0.6 is 11.8 Å². The molecule has 0 unspecified atom stereocenters. The lowest BCUT2D eigenvalue weighted by molar-refractivity contribution is -0.124.